The molecule has 1 aliphatic heterocycles. The number of amidine groups is 1. The summed E-state index contributed by atoms with van der Waals surface area (Å²) in [5.41, 5.74) is 14.9. The number of hydrogen-bond donors (Lipinski definition) is 4. The number of hydrogen-bond acceptors (Lipinski definition) is 5. The molecule has 36 heavy (non-hydrogen) atoms. The molecule has 1 unspecified atom stereocenters. The van der Waals surface area contributed by atoms with Crippen molar-refractivity contribution in [2.24, 2.45) is 23.3 Å². The summed E-state index contributed by atoms with van der Waals surface area (Å²) >= 11 is 0. The lowest BCUT2D eigenvalue weighted by Gasteiger charge is -2.38. The molecule has 0 spiro atoms. The van der Waals surface area contributed by atoms with Crippen molar-refractivity contribution in [1.29, 1.82) is 5.41 Å². The van der Waals surface area contributed by atoms with Crippen molar-refractivity contribution >= 4 is 23.5 Å². The van der Waals surface area contributed by atoms with E-state index in [9.17, 15) is 19.5 Å². The second kappa shape index (κ2) is 11.0. The highest BCUT2D eigenvalue weighted by Crippen LogP contribution is 2.43. The SMILES string of the molecule is N=C(N)c1ccc(C2CC(C(=O)C(N)[C@@H]3C[C@@H](CC(=O)O)C(=O)N3CCCc3ccccc3)C2)cc1. The van der Waals surface area contributed by atoms with Crippen molar-refractivity contribution in [3.8, 4) is 0 Å². The van der Waals surface area contributed by atoms with Gasteiger partial charge in [0.25, 0.3) is 0 Å². The number of likely N-dealkylation sites (tertiary alicyclic amines) is 1. The zero-order valence-electron chi connectivity index (χ0n) is 20.3. The second-order valence-electron chi connectivity index (χ2n) is 10.0. The zero-order chi connectivity index (χ0) is 25.8. The molecule has 2 aromatic rings. The summed E-state index contributed by atoms with van der Waals surface area (Å²) in [6.45, 7) is 0.450. The van der Waals surface area contributed by atoms with Gasteiger partial charge in [-0.1, -0.05) is 54.6 Å². The van der Waals surface area contributed by atoms with Crippen molar-refractivity contribution in [3.63, 3.8) is 0 Å². The van der Waals surface area contributed by atoms with Crippen molar-refractivity contribution in [2.45, 2.75) is 56.5 Å². The molecule has 1 amide bonds. The van der Waals surface area contributed by atoms with Crippen LogP contribution in [0.3, 0.4) is 0 Å². The van der Waals surface area contributed by atoms with E-state index >= 15 is 0 Å². The number of carbonyl (C=O) groups excluding carboxylic acids is 2. The van der Waals surface area contributed by atoms with E-state index in [0.29, 0.717) is 37.8 Å². The van der Waals surface area contributed by atoms with E-state index in [1.54, 1.807) is 4.90 Å². The molecule has 8 heteroatoms. The van der Waals surface area contributed by atoms with Gasteiger partial charge in [0.15, 0.2) is 5.78 Å². The van der Waals surface area contributed by atoms with Crippen LogP contribution in [0.25, 0.3) is 0 Å². The number of amides is 1. The minimum atomic E-state index is -1.02. The van der Waals surface area contributed by atoms with Crippen molar-refractivity contribution in [3.05, 3.63) is 71.3 Å². The molecule has 1 heterocycles. The van der Waals surface area contributed by atoms with Gasteiger partial charge in [-0.25, -0.2) is 0 Å². The maximum atomic E-state index is 13.3. The standard InChI is InChI=1S/C28H34N4O4/c29-25(26(35)21-13-20(14-21)18-8-10-19(11-9-18)27(30)31)23-15-22(16-24(33)34)28(36)32(23)12-4-7-17-5-2-1-3-6-17/h1-3,5-6,8-11,20-23,25H,4,7,12-16,29H2,(H3,30,31)(H,33,34)/t20?,21?,22-,23-,25?/m0/s1. The number of carboxylic acid groups (broad SMARTS) is 1. The highest BCUT2D eigenvalue weighted by molar-refractivity contribution is 5.95. The summed E-state index contributed by atoms with van der Waals surface area (Å²) in [6.07, 6.45) is 2.95. The van der Waals surface area contributed by atoms with Crippen LogP contribution >= 0.6 is 0 Å². The fourth-order valence-corrected chi connectivity index (χ4v) is 5.53. The monoisotopic (exact) mass is 490 g/mol. The third kappa shape index (κ3) is 5.65. The van der Waals surface area contributed by atoms with Crippen LogP contribution in [0.2, 0.25) is 0 Å². The Hall–Kier alpha value is -3.52. The number of nitrogens with zero attached hydrogens (tertiary/aromatic N) is 1. The van der Waals surface area contributed by atoms with Gasteiger partial charge in [-0.2, -0.15) is 0 Å². The van der Waals surface area contributed by atoms with Crippen LogP contribution in [0.1, 0.15) is 54.7 Å². The number of carbonyl (C=O) groups is 3. The number of nitrogen functional groups attached to an aromatic ring is 1. The van der Waals surface area contributed by atoms with Gasteiger partial charge in [-0.15, -0.1) is 0 Å². The van der Waals surface area contributed by atoms with Crippen LogP contribution < -0.4 is 11.5 Å². The average Bonchev–Trinajstić information content (AvgIpc) is 3.13. The minimum absolute atomic E-state index is 0.0230. The van der Waals surface area contributed by atoms with Gasteiger partial charge >= 0.3 is 5.97 Å². The lowest BCUT2D eigenvalue weighted by molar-refractivity contribution is -0.142. The largest absolute Gasteiger partial charge is 0.481 e. The Labute approximate surface area is 211 Å². The predicted molar refractivity (Wildman–Crippen MR) is 137 cm³/mol. The van der Waals surface area contributed by atoms with E-state index in [4.69, 9.17) is 16.9 Å². The third-order valence-electron chi connectivity index (χ3n) is 7.66. The number of carboxylic acids is 1. The number of aryl methyl sites for hydroxylation is 1. The number of nitrogens with one attached hydrogen (secondary N) is 1. The van der Waals surface area contributed by atoms with Crippen molar-refractivity contribution in [1.82, 2.24) is 4.90 Å². The Balaban J connectivity index is 1.38. The second-order valence-corrected chi connectivity index (χ2v) is 10.0. The Morgan fingerprint density at radius 3 is 2.33 bits per heavy atom. The van der Waals surface area contributed by atoms with Crippen LogP contribution in [-0.4, -0.2) is 52.1 Å². The Morgan fingerprint density at radius 2 is 1.72 bits per heavy atom. The first-order chi connectivity index (χ1) is 17.2. The van der Waals surface area contributed by atoms with Crippen molar-refractivity contribution in [2.75, 3.05) is 6.54 Å². The minimum Gasteiger partial charge on any atom is -0.481 e. The molecule has 190 valence electrons. The molecule has 8 nitrogen and oxygen atoms in total. The molecule has 1 saturated heterocycles. The molecule has 0 aromatic heterocycles. The van der Waals surface area contributed by atoms with Gasteiger partial charge in [0.2, 0.25) is 5.91 Å². The molecule has 0 radical (unpaired) electrons. The predicted octanol–water partition coefficient (Wildman–Crippen LogP) is 2.69. The first-order valence-corrected chi connectivity index (χ1v) is 12.5. The maximum Gasteiger partial charge on any atom is 0.304 e. The molecule has 2 aromatic carbocycles. The molecule has 1 aliphatic carbocycles. The van der Waals surface area contributed by atoms with Crippen molar-refractivity contribution < 1.29 is 19.5 Å². The molecule has 2 aliphatic rings. The summed E-state index contributed by atoms with van der Waals surface area (Å²) in [5, 5.41) is 16.8. The van der Waals surface area contributed by atoms with E-state index in [2.05, 4.69) is 0 Å². The van der Waals surface area contributed by atoms with Crippen LogP contribution in [0.15, 0.2) is 54.6 Å². The number of ketones is 1. The van der Waals surface area contributed by atoms with Crippen LogP contribution in [-0.2, 0) is 20.8 Å². The highest BCUT2D eigenvalue weighted by Gasteiger charge is 2.47. The third-order valence-corrected chi connectivity index (χ3v) is 7.66. The molecule has 2 fully saturated rings. The summed E-state index contributed by atoms with van der Waals surface area (Å²) in [5.74, 6) is -1.82. The molecular weight excluding hydrogens is 456 g/mol. The summed E-state index contributed by atoms with van der Waals surface area (Å²) in [4.78, 5) is 39.3. The van der Waals surface area contributed by atoms with Crippen LogP contribution in [0.5, 0.6) is 0 Å². The fraction of sp³-hybridized carbons (Fsp3) is 0.429. The molecule has 4 rings (SSSR count). The first-order valence-electron chi connectivity index (χ1n) is 12.5. The van der Waals surface area contributed by atoms with E-state index < -0.39 is 24.0 Å². The van der Waals surface area contributed by atoms with E-state index in [-0.39, 0.29) is 35.8 Å². The Morgan fingerprint density at radius 1 is 1.06 bits per heavy atom. The number of aliphatic carboxylic acids is 1. The van der Waals surface area contributed by atoms with E-state index in [1.165, 1.54) is 5.56 Å². The number of rotatable bonds is 11. The zero-order valence-corrected chi connectivity index (χ0v) is 20.3. The van der Waals surface area contributed by atoms with Gasteiger partial charge in [0.1, 0.15) is 5.84 Å². The van der Waals surface area contributed by atoms with Gasteiger partial charge in [-0.05, 0) is 49.1 Å². The molecular formula is C28H34N4O4. The number of Topliss-reactive ketones (excluding diaryl/α,β-unsaturated/α-hetero) is 1. The molecule has 1 saturated carbocycles. The van der Waals surface area contributed by atoms with Gasteiger partial charge in [0.05, 0.1) is 24.4 Å². The highest BCUT2D eigenvalue weighted by atomic mass is 16.4. The van der Waals surface area contributed by atoms with Crippen LogP contribution in [0.4, 0.5) is 0 Å². The van der Waals surface area contributed by atoms with E-state index in [0.717, 1.165) is 12.0 Å². The van der Waals surface area contributed by atoms with Gasteiger partial charge < -0.3 is 21.5 Å². The topological polar surface area (TPSA) is 151 Å². The summed E-state index contributed by atoms with van der Waals surface area (Å²) < 4.78 is 0. The summed E-state index contributed by atoms with van der Waals surface area (Å²) in [7, 11) is 0. The molecule has 0 bridgehead atoms. The lowest BCUT2D eigenvalue weighted by Crippen LogP contribution is -2.53. The quantitative estimate of drug-likeness (QED) is 0.281. The van der Waals surface area contributed by atoms with E-state index in [1.807, 2.05) is 54.6 Å². The number of nitrogens with two attached hydrogens (primary N) is 2. The average molecular weight is 491 g/mol. The van der Waals surface area contributed by atoms with Crippen LogP contribution in [0, 0.1) is 17.2 Å². The molecule has 3 atom stereocenters. The van der Waals surface area contributed by atoms with Gasteiger partial charge in [0, 0.05) is 18.0 Å². The lowest BCUT2D eigenvalue weighted by atomic mass is 9.68. The Bertz CT molecular complexity index is 1110. The Kier molecular flexibility index (Phi) is 7.84. The normalized spacial score (nSPS) is 24.2. The maximum absolute atomic E-state index is 13.3. The first kappa shape index (κ1) is 25.6. The fourth-order valence-electron chi connectivity index (χ4n) is 5.53. The molecule has 6 N–H and O–H groups in total. The summed E-state index contributed by atoms with van der Waals surface area (Å²) in [6, 6.07) is 16.2. The smallest absolute Gasteiger partial charge is 0.304 e. The number of benzene rings is 2. The van der Waals surface area contributed by atoms with Gasteiger partial charge in [-0.3, -0.25) is 19.8 Å².